The Balaban J connectivity index is 0.00000288. The molecule has 0 aliphatic rings. The molecule has 134 valence electrons. The molecule has 0 spiro atoms. The summed E-state index contributed by atoms with van der Waals surface area (Å²) in [5, 5.41) is 6.61. The Morgan fingerprint density at radius 2 is 2.21 bits per heavy atom. The van der Waals surface area contributed by atoms with Gasteiger partial charge in [0.2, 0.25) is 0 Å². The number of furan rings is 1. The predicted octanol–water partition coefficient (Wildman–Crippen LogP) is 2.98. The maximum atomic E-state index is 5.33. The third kappa shape index (κ3) is 7.37. The number of halogens is 1. The van der Waals surface area contributed by atoms with E-state index in [1.54, 1.807) is 6.26 Å². The molecular weight excluding hydrogens is 417 g/mol. The molecule has 2 heterocycles. The van der Waals surface area contributed by atoms with E-state index >= 15 is 0 Å². The number of imidazole rings is 1. The molecule has 6 nitrogen and oxygen atoms in total. The Labute approximate surface area is 161 Å². The third-order valence-corrected chi connectivity index (χ3v) is 3.59. The second kappa shape index (κ2) is 11.9. The van der Waals surface area contributed by atoms with Crippen molar-refractivity contribution in [2.24, 2.45) is 4.99 Å². The average Bonchev–Trinajstić information content (AvgIpc) is 3.19. The maximum Gasteiger partial charge on any atom is 0.191 e. The Morgan fingerprint density at radius 1 is 1.33 bits per heavy atom. The minimum absolute atomic E-state index is 0. The molecular formula is C17H28IN5O. The summed E-state index contributed by atoms with van der Waals surface area (Å²) in [5.74, 6) is 2.93. The topological polar surface area (TPSA) is 67.4 Å². The molecule has 2 rings (SSSR count). The van der Waals surface area contributed by atoms with Gasteiger partial charge < -0.3 is 19.6 Å². The Bertz CT molecular complexity index is 580. The van der Waals surface area contributed by atoms with Crippen molar-refractivity contribution in [3.05, 3.63) is 42.4 Å². The van der Waals surface area contributed by atoms with Crippen LogP contribution in [0.1, 0.15) is 31.4 Å². The van der Waals surface area contributed by atoms with Crippen molar-refractivity contribution in [2.45, 2.75) is 39.7 Å². The van der Waals surface area contributed by atoms with Gasteiger partial charge in [0.15, 0.2) is 5.96 Å². The van der Waals surface area contributed by atoms with E-state index in [2.05, 4.69) is 32.1 Å². The van der Waals surface area contributed by atoms with Crippen LogP contribution in [0.25, 0.3) is 0 Å². The van der Waals surface area contributed by atoms with Crippen molar-refractivity contribution in [3.63, 3.8) is 0 Å². The van der Waals surface area contributed by atoms with E-state index in [-0.39, 0.29) is 24.0 Å². The van der Waals surface area contributed by atoms with E-state index < -0.39 is 0 Å². The highest BCUT2D eigenvalue weighted by Gasteiger charge is 2.00. The molecule has 24 heavy (non-hydrogen) atoms. The van der Waals surface area contributed by atoms with Gasteiger partial charge >= 0.3 is 0 Å². The van der Waals surface area contributed by atoms with Crippen LogP contribution in [0, 0.1) is 6.92 Å². The molecule has 0 bridgehead atoms. The van der Waals surface area contributed by atoms with Gasteiger partial charge in [-0.05, 0) is 38.8 Å². The van der Waals surface area contributed by atoms with E-state index in [1.807, 2.05) is 31.5 Å². The van der Waals surface area contributed by atoms with E-state index in [4.69, 9.17) is 4.42 Å². The lowest BCUT2D eigenvalue weighted by Gasteiger charge is -2.10. The van der Waals surface area contributed by atoms with Crippen LogP contribution in [0.4, 0.5) is 0 Å². The molecule has 0 aromatic carbocycles. The highest BCUT2D eigenvalue weighted by molar-refractivity contribution is 14.0. The Kier molecular flexibility index (Phi) is 10.2. The SMILES string of the molecule is CCNC(=NCCCCn1ccnc1C)NCCc1ccco1.I. The zero-order chi connectivity index (χ0) is 16.3. The maximum absolute atomic E-state index is 5.33. The summed E-state index contributed by atoms with van der Waals surface area (Å²) in [6, 6.07) is 3.90. The molecule has 2 aromatic heterocycles. The number of aromatic nitrogens is 2. The Hall–Kier alpha value is -1.51. The molecule has 0 atom stereocenters. The van der Waals surface area contributed by atoms with E-state index in [0.29, 0.717) is 0 Å². The summed E-state index contributed by atoms with van der Waals surface area (Å²) < 4.78 is 7.50. The highest BCUT2D eigenvalue weighted by atomic mass is 127. The first-order valence-electron chi connectivity index (χ1n) is 8.32. The monoisotopic (exact) mass is 445 g/mol. The number of rotatable bonds is 9. The van der Waals surface area contributed by atoms with Crippen LogP contribution >= 0.6 is 24.0 Å². The number of nitrogens with zero attached hydrogens (tertiary/aromatic N) is 3. The van der Waals surface area contributed by atoms with E-state index in [0.717, 1.165) is 63.0 Å². The molecule has 0 amide bonds. The van der Waals surface area contributed by atoms with Crippen LogP contribution in [0.3, 0.4) is 0 Å². The number of aryl methyl sites for hydroxylation is 2. The molecule has 2 aromatic rings. The van der Waals surface area contributed by atoms with Gasteiger partial charge in [-0.1, -0.05) is 0 Å². The summed E-state index contributed by atoms with van der Waals surface area (Å²) in [6.45, 7) is 7.61. The summed E-state index contributed by atoms with van der Waals surface area (Å²) >= 11 is 0. The van der Waals surface area contributed by atoms with Crippen LogP contribution < -0.4 is 10.6 Å². The molecule has 0 saturated heterocycles. The number of hydrogen-bond acceptors (Lipinski definition) is 3. The van der Waals surface area contributed by atoms with Gasteiger partial charge in [-0.2, -0.15) is 0 Å². The molecule has 2 N–H and O–H groups in total. The summed E-state index contributed by atoms with van der Waals surface area (Å²) in [5.41, 5.74) is 0. The van der Waals surface area contributed by atoms with Crippen molar-refractivity contribution < 1.29 is 4.42 Å². The van der Waals surface area contributed by atoms with Gasteiger partial charge in [-0.25, -0.2) is 4.98 Å². The van der Waals surface area contributed by atoms with Crippen LogP contribution in [0.2, 0.25) is 0 Å². The van der Waals surface area contributed by atoms with Gasteiger partial charge in [0, 0.05) is 45.0 Å². The predicted molar refractivity (Wildman–Crippen MR) is 108 cm³/mol. The quantitative estimate of drug-likeness (QED) is 0.270. The van der Waals surface area contributed by atoms with Gasteiger partial charge in [0.25, 0.3) is 0 Å². The van der Waals surface area contributed by atoms with Crippen molar-refractivity contribution in [2.75, 3.05) is 19.6 Å². The number of nitrogens with one attached hydrogen (secondary N) is 2. The van der Waals surface area contributed by atoms with E-state index in [9.17, 15) is 0 Å². The standard InChI is InChI=1S/C17H27N5O.HI/c1-3-18-17(21-10-8-16-7-6-14-23-16)20-9-4-5-12-22-13-11-19-15(22)2;/h6-7,11,13-14H,3-5,8-10,12H2,1-2H3,(H2,18,20,21);1H. The zero-order valence-corrected chi connectivity index (χ0v) is 16.8. The van der Waals surface area contributed by atoms with Gasteiger partial charge in [-0.3, -0.25) is 4.99 Å². The van der Waals surface area contributed by atoms with Gasteiger partial charge in [0.05, 0.1) is 6.26 Å². The molecule has 0 aliphatic carbocycles. The Morgan fingerprint density at radius 3 is 2.88 bits per heavy atom. The first-order valence-corrected chi connectivity index (χ1v) is 8.32. The van der Waals surface area contributed by atoms with Crippen LogP contribution in [0.15, 0.2) is 40.2 Å². The lowest BCUT2D eigenvalue weighted by Crippen LogP contribution is -2.38. The molecule has 0 fully saturated rings. The van der Waals surface area contributed by atoms with Crippen LogP contribution in [-0.4, -0.2) is 35.1 Å². The second-order valence-electron chi connectivity index (χ2n) is 5.39. The molecule has 0 saturated carbocycles. The largest absolute Gasteiger partial charge is 0.469 e. The normalized spacial score (nSPS) is 11.2. The van der Waals surface area contributed by atoms with Crippen molar-refractivity contribution >= 4 is 29.9 Å². The zero-order valence-electron chi connectivity index (χ0n) is 14.5. The van der Waals surface area contributed by atoms with Crippen LogP contribution in [-0.2, 0) is 13.0 Å². The van der Waals surface area contributed by atoms with E-state index in [1.165, 1.54) is 0 Å². The lowest BCUT2D eigenvalue weighted by molar-refractivity contribution is 0.506. The molecule has 7 heteroatoms. The number of aliphatic imine (C=N–C) groups is 1. The first kappa shape index (κ1) is 20.5. The van der Waals surface area contributed by atoms with Gasteiger partial charge in [-0.15, -0.1) is 24.0 Å². The van der Waals surface area contributed by atoms with Crippen molar-refractivity contribution in [3.8, 4) is 0 Å². The molecule has 0 radical (unpaired) electrons. The second-order valence-corrected chi connectivity index (χ2v) is 5.39. The van der Waals surface area contributed by atoms with Crippen molar-refractivity contribution in [1.29, 1.82) is 0 Å². The highest BCUT2D eigenvalue weighted by Crippen LogP contribution is 2.01. The third-order valence-electron chi connectivity index (χ3n) is 3.59. The average molecular weight is 445 g/mol. The minimum Gasteiger partial charge on any atom is -0.469 e. The number of hydrogen-bond donors (Lipinski definition) is 2. The lowest BCUT2D eigenvalue weighted by atomic mass is 10.3. The number of guanidine groups is 1. The summed E-state index contributed by atoms with van der Waals surface area (Å²) in [7, 11) is 0. The van der Waals surface area contributed by atoms with Crippen molar-refractivity contribution in [1.82, 2.24) is 20.2 Å². The smallest absolute Gasteiger partial charge is 0.191 e. The van der Waals surface area contributed by atoms with Gasteiger partial charge in [0.1, 0.15) is 11.6 Å². The summed E-state index contributed by atoms with van der Waals surface area (Å²) in [6.07, 6.45) is 8.60. The fourth-order valence-corrected chi connectivity index (χ4v) is 2.33. The fourth-order valence-electron chi connectivity index (χ4n) is 2.33. The minimum atomic E-state index is 0. The number of unbranched alkanes of at least 4 members (excludes halogenated alkanes) is 1. The molecule has 0 aliphatic heterocycles. The van der Waals surface area contributed by atoms with Crippen LogP contribution in [0.5, 0.6) is 0 Å². The fraction of sp³-hybridized carbons (Fsp3) is 0.529. The molecule has 0 unspecified atom stereocenters. The summed E-state index contributed by atoms with van der Waals surface area (Å²) in [4.78, 5) is 8.84. The first-order chi connectivity index (χ1) is 11.3.